The summed E-state index contributed by atoms with van der Waals surface area (Å²) in [6, 6.07) is 2.03. The van der Waals surface area contributed by atoms with Crippen molar-refractivity contribution in [2.75, 3.05) is 5.73 Å². The minimum Gasteiger partial charge on any atom is -0.390 e. The van der Waals surface area contributed by atoms with E-state index in [1.807, 2.05) is 13.0 Å². The lowest BCUT2D eigenvalue weighted by Crippen LogP contribution is -1.96. The molecule has 0 aliphatic carbocycles. The monoisotopic (exact) mass is 142 g/mol. The maximum Gasteiger partial charge on any atom is 0.0904 e. The lowest BCUT2D eigenvalue weighted by Gasteiger charge is -1.88. The SMILES string of the molecule is Cc1cc(CN)c(N)s1. The molecule has 0 fully saturated rings. The Morgan fingerprint density at radius 1 is 1.67 bits per heavy atom. The van der Waals surface area contributed by atoms with Crippen LogP contribution in [0.5, 0.6) is 0 Å². The van der Waals surface area contributed by atoms with E-state index < -0.39 is 0 Å². The first kappa shape index (κ1) is 6.58. The molecule has 1 aromatic heterocycles. The topological polar surface area (TPSA) is 52.0 Å². The van der Waals surface area contributed by atoms with Crippen LogP contribution in [0.25, 0.3) is 0 Å². The van der Waals surface area contributed by atoms with Gasteiger partial charge in [-0.15, -0.1) is 11.3 Å². The van der Waals surface area contributed by atoms with Gasteiger partial charge < -0.3 is 11.5 Å². The molecule has 1 aromatic rings. The third kappa shape index (κ3) is 1.23. The van der Waals surface area contributed by atoms with Crippen LogP contribution < -0.4 is 11.5 Å². The van der Waals surface area contributed by atoms with Gasteiger partial charge in [0, 0.05) is 17.0 Å². The summed E-state index contributed by atoms with van der Waals surface area (Å²) in [5.74, 6) is 0. The van der Waals surface area contributed by atoms with Crippen LogP contribution in [0.2, 0.25) is 0 Å². The molecule has 1 heterocycles. The lowest BCUT2D eigenvalue weighted by atomic mass is 10.3. The predicted molar refractivity (Wildman–Crippen MR) is 41.4 cm³/mol. The molecule has 9 heavy (non-hydrogen) atoms. The zero-order valence-corrected chi connectivity index (χ0v) is 6.16. The first-order chi connectivity index (χ1) is 4.24. The van der Waals surface area contributed by atoms with E-state index in [0.29, 0.717) is 6.54 Å². The van der Waals surface area contributed by atoms with Gasteiger partial charge in [-0.2, -0.15) is 0 Å². The first-order valence-corrected chi connectivity index (χ1v) is 3.60. The highest BCUT2D eigenvalue weighted by atomic mass is 32.1. The maximum atomic E-state index is 5.59. The van der Waals surface area contributed by atoms with Crippen LogP contribution in [-0.2, 0) is 6.54 Å². The third-order valence-electron chi connectivity index (χ3n) is 1.18. The molecule has 0 atom stereocenters. The van der Waals surface area contributed by atoms with Crippen LogP contribution >= 0.6 is 11.3 Å². The van der Waals surface area contributed by atoms with E-state index in [9.17, 15) is 0 Å². The zero-order chi connectivity index (χ0) is 6.85. The van der Waals surface area contributed by atoms with Gasteiger partial charge in [-0.1, -0.05) is 0 Å². The summed E-state index contributed by atoms with van der Waals surface area (Å²) in [7, 11) is 0. The Bertz CT molecular complexity index is 205. The minimum absolute atomic E-state index is 0.552. The van der Waals surface area contributed by atoms with Crippen molar-refractivity contribution in [2.45, 2.75) is 13.5 Å². The van der Waals surface area contributed by atoms with E-state index in [2.05, 4.69) is 0 Å². The van der Waals surface area contributed by atoms with Gasteiger partial charge in [0.25, 0.3) is 0 Å². The van der Waals surface area contributed by atoms with Gasteiger partial charge in [-0.05, 0) is 13.0 Å². The van der Waals surface area contributed by atoms with Crippen molar-refractivity contribution in [3.63, 3.8) is 0 Å². The number of thiophene rings is 1. The summed E-state index contributed by atoms with van der Waals surface area (Å²) in [5.41, 5.74) is 12.0. The second-order valence-electron chi connectivity index (χ2n) is 1.95. The molecule has 0 aromatic carbocycles. The Hall–Kier alpha value is -0.540. The number of aryl methyl sites for hydroxylation is 1. The summed E-state index contributed by atoms with van der Waals surface area (Å²) in [5, 5.41) is 0.856. The van der Waals surface area contributed by atoms with Gasteiger partial charge >= 0.3 is 0 Å². The summed E-state index contributed by atoms with van der Waals surface area (Å²) < 4.78 is 0. The highest BCUT2D eigenvalue weighted by molar-refractivity contribution is 7.16. The number of hydrogen-bond donors (Lipinski definition) is 2. The van der Waals surface area contributed by atoms with Crippen molar-refractivity contribution in [3.8, 4) is 0 Å². The normalized spacial score (nSPS) is 10.0. The van der Waals surface area contributed by atoms with Crippen molar-refractivity contribution < 1.29 is 0 Å². The minimum atomic E-state index is 0.552. The third-order valence-corrected chi connectivity index (χ3v) is 2.11. The van der Waals surface area contributed by atoms with Crippen molar-refractivity contribution in [2.24, 2.45) is 5.73 Å². The van der Waals surface area contributed by atoms with Crippen LogP contribution in [0.15, 0.2) is 6.07 Å². The molecule has 0 spiro atoms. The summed E-state index contributed by atoms with van der Waals surface area (Å²) >= 11 is 1.59. The molecule has 4 N–H and O–H groups in total. The van der Waals surface area contributed by atoms with Gasteiger partial charge in [0.2, 0.25) is 0 Å². The Labute approximate surface area is 58.5 Å². The number of rotatable bonds is 1. The van der Waals surface area contributed by atoms with Crippen LogP contribution in [0.4, 0.5) is 5.00 Å². The molecular formula is C6H10N2S. The number of nitrogens with two attached hydrogens (primary N) is 2. The van der Waals surface area contributed by atoms with E-state index in [1.54, 1.807) is 11.3 Å². The second kappa shape index (κ2) is 2.37. The maximum absolute atomic E-state index is 5.59. The standard InChI is InChI=1S/C6H10N2S/c1-4-2-5(3-7)6(8)9-4/h2H,3,7-8H2,1H3. The Morgan fingerprint density at radius 3 is 2.56 bits per heavy atom. The second-order valence-corrected chi connectivity index (χ2v) is 3.24. The van der Waals surface area contributed by atoms with E-state index in [4.69, 9.17) is 11.5 Å². The van der Waals surface area contributed by atoms with Crippen LogP contribution in [0.3, 0.4) is 0 Å². The van der Waals surface area contributed by atoms with Gasteiger partial charge in [-0.3, -0.25) is 0 Å². The molecule has 3 heteroatoms. The highest BCUT2D eigenvalue weighted by Crippen LogP contribution is 2.22. The number of hydrogen-bond acceptors (Lipinski definition) is 3. The van der Waals surface area contributed by atoms with Crippen molar-refractivity contribution in [3.05, 3.63) is 16.5 Å². The zero-order valence-electron chi connectivity index (χ0n) is 5.35. The van der Waals surface area contributed by atoms with Gasteiger partial charge in [0.15, 0.2) is 0 Å². The molecule has 2 nitrogen and oxygen atoms in total. The molecule has 0 radical (unpaired) electrons. The van der Waals surface area contributed by atoms with E-state index in [1.165, 1.54) is 4.88 Å². The average Bonchev–Trinajstić information content (AvgIpc) is 2.10. The molecule has 0 amide bonds. The van der Waals surface area contributed by atoms with Crippen molar-refractivity contribution in [1.82, 2.24) is 0 Å². The number of nitrogen functional groups attached to an aromatic ring is 1. The summed E-state index contributed by atoms with van der Waals surface area (Å²) in [4.78, 5) is 1.23. The van der Waals surface area contributed by atoms with E-state index in [-0.39, 0.29) is 0 Å². The van der Waals surface area contributed by atoms with Gasteiger partial charge in [0.1, 0.15) is 0 Å². The molecule has 1 rings (SSSR count). The Morgan fingerprint density at radius 2 is 2.33 bits per heavy atom. The first-order valence-electron chi connectivity index (χ1n) is 2.79. The van der Waals surface area contributed by atoms with Gasteiger partial charge in [-0.25, -0.2) is 0 Å². The highest BCUT2D eigenvalue weighted by Gasteiger charge is 1.98. The van der Waals surface area contributed by atoms with Crippen LogP contribution in [0.1, 0.15) is 10.4 Å². The molecular weight excluding hydrogens is 132 g/mol. The summed E-state index contributed by atoms with van der Waals surface area (Å²) in [6.07, 6.45) is 0. The van der Waals surface area contributed by atoms with E-state index >= 15 is 0 Å². The fourth-order valence-corrected chi connectivity index (χ4v) is 1.57. The number of anilines is 1. The molecule has 0 saturated heterocycles. The molecule has 50 valence electrons. The molecule has 0 bridgehead atoms. The largest absolute Gasteiger partial charge is 0.390 e. The molecule has 0 unspecified atom stereocenters. The predicted octanol–water partition coefficient (Wildman–Crippen LogP) is 1.10. The summed E-state index contributed by atoms with van der Waals surface area (Å²) in [6.45, 7) is 2.58. The lowest BCUT2D eigenvalue weighted by molar-refractivity contribution is 1.08. The van der Waals surface area contributed by atoms with E-state index in [0.717, 1.165) is 10.6 Å². The van der Waals surface area contributed by atoms with Crippen LogP contribution in [0, 0.1) is 6.92 Å². The van der Waals surface area contributed by atoms with Crippen molar-refractivity contribution >= 4 is 16.3 Å². The Kier molecular flexibility index (Phi) is 1.73. The van der Waals surface area contributed by atoms with Crippen molar-refractivity contribution in [1.29, 1.82) is 0 Å². The fraction of sp³-hybridized carbons (Fsp3) is 0.333. The fourth-order valence-electron chi connectivity index (χ4n) is 0.744. The van der Waals surface area contributed by atoms with Crippen LogP contribution in [-0.4, -0.2) is 0 Å². The molecule has 0 aliphatic rings. The molecule has 0 saturated carbocycles. The average molecular weight is 142 g/mol. The Balaban J connectivity index is 3.01. The molecule has 0 aliphatic heterocycles. The smallest absolute Gasteiger partial charge is 0.0904 e. The quantitative estimate of drug-likeness (QED) is 0.617. The van der Waals surface area contributed by atoms with Gasteiger partial charge in [0.05, 0.1) is 5.00 Å².